The number of carbonyl (C=O) groups is 2. The molecule has 1 saturated carbocycles. The van der Waals surface area contributed by atoms with Gasteiger partial charge in [0.2, 0.25) is 11.8 Å². The second kappa shape index (κ2) is 6.75. The molecule has 6 nitrogen and oxygen atoms in total. The Morgan fingerprint density at radius 2 is 2.00 bits per heavy atom. The van der Waals surface area contributed by atoms with Crippen molar-refractivity contribution in [2.75, 3.05) is 26.7 Å². The lowest BCUT2D eigenvalue weighted by molar-refractivity contribution is -0.133. The van der Waals surface area contributed by atoms with E-state index in [-0.39, 0.29) is 30.3 Å². The molecule has 0 bridgehead atoms. The normalized spacial score (nSPS) is 24.1. The van der Waals surface area contributed by atoms with Crippen LogP contribution in [0.1, 0.15) is 33.1 Å². The number of nitrogens with two attached hydrogens (primary N) is 1. The molecule has 2 fully saturated rings. The molecular weight excluding hydrogens is 268 g/mol. The molecule has 6 heteroatoms. The van der Waals surface area contributed by atoms with E-state index in [1.165, 1.54) is 12.8 Å². The van der Waals surface area contributed by atoms with Crippen LogP contribution in [-0.4, -0.2) is 66.4 Å². The van der Waals surface area contributed by atoms with Crippen LogP contribution in [-0.2, 0) is 9.59 Å². The molecule has 1 aliphatic carbocycles. The molecule has 21 heavy (non-hydrogen) atoms. The first-order valence-corrected chi connectivity index (χ1v) is 7.93. The maximum Gasteiger partial charge on any atom is 0.242 e. The van der Waals surface area contributed by atoms with Crippen LogP contribution in [0.2, 0.25) is 0 Å². The summed E-state index contributed by atoms with van der Waals surface area (Å²) in [5.74, 6) is -0.223. The third-order valence-electron chi connectivity index (χ3n) is 4.63. The predicted molar refractivity (Wildman–Crippen MR) is 81.6 cm³/mol. The molecule has 0 aromatic rings. The smallest absolute Gasteiger partial charge is 0.242 e. The lowest BCUT2D eigenvalue weighted by Gasteiger charge is -2.25. The first-order valence-electron chi connectivity index (χ1n) is 7.93. The minimum atomic E-state index is -0.556. The summed E-state index contributed by atoms with van der Waals surface area (Å²) < 4.78 is 0. The number of rotatable bonds is 6. The second-order valence-electron chi connectivity index (χ2n) is 6.66. The number of hydrogen-bond acceptors (Lipinski definition) is 4. The molecule has 120 valence electrons. The molecule has 2 aliphatic rings. The van der Waals surface area contributed by atoms with Crippen LogP contribution in [0, 0.1) is 5.92 Å². The topological polar surface area (TPSA) is 78.7 Å². The molecule has 0 aromatic carbocycles. The van der Waals surface area contributed by atoms with E-state index in [0.29, 0.717) is 0 Å². The Kier molecular flexibility index (Phi) is 5.22. The SMILES string of the molecule is CC(C)[C@H](N)C(=O)NCC(=O)N(C)C1CCN(C2CC2)C1. The van der Waals surface area contributed by atoms with Crippen molar-refractivity contribution in [3.63, 3.8) is 0 Å². The Hall–Kier alpha value is -1.14. The van der Waals surface area contributed by atoms with Gasteiger partial charge in [-0.3, -0.25) is 14.5 Å². The fourth-order valence-corrected chi connectivity index (χ4v) is 2.77. The van der Waals surface area contributed by atoms with Crippen LogP contribution in [0.25, 0.3) is 0 Å². The Morgan fingerprint density at radius 3 is 2.57 bits per heavy atom. The number of carbonyl (C=O) groups excluding carboxylic acids is 2. The van der Waals surface area contributed by atoms with E-state index in [1.807, 2.05) is 20.9 Å². The summed E-state index contributed by atoms with van der Waals surface area (Å²) in [5, 5.41) is 2.65. The van der Waals surface area contributed by atoms with E-state index in [9.17, 15) is 9.59 Å². The van der Waals surface area contributed by atoms with E-state index in [2.05, 4.69) is 10.2 Å². The van der Waals surface area contributed by atoms with Crippen molar-refractivity contribution in [2.45, 2.75) is 51.2 Å². The van der Waals surface area contributed by atoms with Crippen molar-refractivity contribution in [1.82, 2.24) is 15.1 Å². The summed E-state index contributed by atoms with van der Waals surface area (Å²) >= 11 is 0. The van der Waals surface area contributed by atoms with E-state index in [1.54, 1.807) is 4.90 Å². The fourth-order valence-electron chi connectivity index (χ4n) is 2.77. The Labute approximate surface area is 127 Å². The van der Waals surface area contributed by atoms with Crippen molar-refractivity contribution in [2.24, 2.45) is 11.7 Å². The highest BCUT2D eigenvalue weighted by atomic mass is 16.2. The Morgan fingerprint density at radius 1 is 1.33 bits per heavy atom. The molecule has 2 atom stereocenters. The van der Waals surface area contributed by atoms with Crippen LogP contribution < -0.4 is 11.1 Å². The fraction of sp³-hybridized carbons (Fsp3) is 0.867. The quantitative estimate of drug-likeness (QED) is 0.710. The minimum absolute atomic E-state index is 0.0374. The molecular formula is C15H28N4O2. The zero-order chi connectivity index (χ0) is 15.6. The van der Waals surface area contributed by atoms with E-state index >= 15 is 0 Å². The van der Waals surface area contributed by atoms with Gasteiger partial charge in [0.1, 0.15) is 0 Å². The Balaban J connectivity index is 1.73. The largest absolute Gasteiger partial charge is 0.346 e. The number of likely N-dealkylation sites (N-methyl/N-ethyl adjacent to an activating group) is 1. The molecule has 2 amide bonds. The van der Waals surface area contributed by atoms with Gasteiger partial charge in [0.15, 0.2) is 0 Å². The van der Waals surface area contributed by atoms with Gasteiger partial charge in [-0.25, -0.2) is 0 Å². The summed E-state index contributed by atoms with van der Waals surface area (Å²) in [4.78, 5) is 28.2. The highest BCUT2D eigenvalue weighted by molar-refractivity contribution is 5.87. The van der Waals surface area contributed by atoms with Crippen molar-refractivity contribution in [1.29, 1.82) is 0 Å². The average molecular weight is 296 g/mol. The molecule has 0 spiro atoms. The molecule has 1 aliphatic heterocycles. The average Bonchev–Trinajstić information content (AvgIpc) is 3.20. The van der Waals surface area contributed by atoms with Gasteiger partial charge in [-0.15, -0.1) is 0 Å². The van der Waals surface area contributed by atoms with Gasteiger partial charge >= 0.3 is 0 Å². The zero-order valence-electron chi connectivity index (χ0n) is 13.3. The van der Waals surface area contributed by atoms with Gasteiger partial charge in [-0.1, -0.05) is 13.8 Å². The van der Waals surface area contributed by atoms with Gasteiger partial charge < -0.3 is 16.0 Å². The predicted octanol–water partition coefficient (Wildman–Crippen LogP) is -0.219. The van der Waals surface area contributed by atoms with E-state index in [0.717, 1.165) is 25.6 Å². The molecule has 0 radical (unpaired) electrons. The van der Waals surface area contributed by atoms with Gasteiger partial charge in [0, 0.05) is 32.2 Å². The molecule has 1 saturated heterocycles. The first kappa shape index (κ1) is 16.2. The lowest BCUT2D eigenvalue weighted by atomic mass is 10.1. The van der Waals surface area contributed by atoms with Gasteiger partial charge in [0.25, 0.3) is 0 Å². The third-order valence-corrected chi connectivity index (χ3v) is 4.63. The number of nitrogens with one attached hydrogen (secondary N) is 1. The zero-order valence-corrected chi connectivity index (χ0v) is 13.3. The molecule has 2 rings (SSSR count). The van der Waals surface area contributed by atoms with Crippen LogP contribution >= 0.6 is 0 Å². The Bertz CT molecular complexity index is 395. The standard InChI is InChI=1S/C15H28N4O2/c1-10(2)14(16)15(21)17-8-13(20)18(3)12-6-7-19(9-12)11-4-5-11/h10-12,14H,4-9,16H2,1-3H3,(H,17,21)/t12?,14-/m0/s1. The molecule has 1 unspecified atom stereocenters. The number of likely N-dealkylation sites (tertiary alicyclic amines) is 1. The third kappa shape index (κ3) is 4.17. The summed E-state index contributed by atoms with van der Waals surface area (Å²) in [5.41, 5.74) is 5.76. The van der Waals surface area contributed by atoms with Crippen molar-refractivity contribution in [3.8, 4) is 0 Å². The van der Waals surface area contributed by atoms with Gasteiger partial charge in [-0.2, -0.15) is 0 Å². The van der Waals surface area contributed by atoms with Gasteiger partial charge in [0.05, 0.1) is 12.6 Å². The van der Waals surface area contributed by atoms with Crippen LogP contribution in [0.4, 0.5) is 0 Å². The summed E-state index contributed by atoms with van der Waals surface area (Å²) in [6.45, 7) is 5.87. The molecule has 0 aromatic heterocycles. The minimum Gasteiger partial charge on any atom is -0.346 e. The maximum atomic E-state index is 12.2. The van der Waals surface area contributed by atoms with Crippen molar-refractivity contribution >= 4 is 11.8 Å². The van der Waals surface area contributed by atoms with E-state index < -0.39 is 6.04 Å². The maximum absolute atomic E-state index is 12.2. The lowest BCUT2D eigenvalue weighted by Crippen LogP contribution is -2.49. The number of amides is 2. The van der Waals surface area contributed by atoms with Crippen molar-refractivity contribution < 1.29 is 9.59 Å². The van der Waals surface area contributed by atoms with Crippen LogP contribution in [0.15, 0.2) is 0 Å². The highest BCUT2D eigenvalue weighted by Crippen LogP contribution is 2.30. The molecule has 1 heterocycles. The second-order valence-corrected chi connectivity index (χ2v) is 6.66. The number of nitrogens with zero attached hydrogens (tertiary/aromatic N) is 2. The van der Waals surface area contributed by atoms with Crippen LogP contribution in [0.5, 0.6) is 0 Å². The van der Waals surface area contributed by atoms with E-state index in [4.69, 9.17) is 5.73 Å². The number of hydrogen-bond donors (Lipinski definition) is 2. The van der Waals surface area contributed by atoms with Gasteiger partial charge in [-0.05, 0) is 25.2 Å². The molecule has 3 N–H and O–H groups in total. The first-order chi connectivity index (χ1) is 9.90. The monoisotopic (exact) mass is 296 g/mol. The summed E-state index contributed by atoms with van der Waals surface area (Å²) in [7, 11) is 1.83. The summed E-state index contributed by atoms with van der Waals surface area (Å²) in [6.07, 6.45) is 3.62. The summed E-state index contributed by atoms with van der Waals surface area (Å²) in [6, 6.07) is 0.468. The van der Waals surface area contributed by atoms with Crippen LogP contribution in [0.3, 0.4) is 0 Å². The van der Waals surface area contributed by atoms with Crippen molar-refractivity contribution in [3.05, 3.63) is 0 Å². The highest BCUT2D eigenvalue weighted by Gasteiger charge is 2.36.